The van der Waals surface area contributed by atoms with Crippen LogP contribution in [0.1, 0.15) is 26.2 Å². The van der Waals surface area contributed by atoms with Crippen molar-refractivity contribution in [1.29, 1.82) is 0 Å². The Morgan fingerprint density at radius 2 is 2.24 bits per heavy atom. The van der Waals surface area contributed by atoms with E-state index in [0.29, 0.717) is 5.82 Å². The number of hydrogen-bond donors (Lipinski definition) is 1. The lowest BCUT2D eigenvalue weighted by Gasteiger charge is -2.18. The first kappa shape index (κ1) is 11.7. The summed E-state index contributed by atoms with van der Waals surface area (Å²) in [6.45, 7) is 3.18. The summed E-state index contributed by atoms with van der Waals surface area (Å²) in [5.74, 6) is 1.37. The highest BCUT2D eigenvalue weighted by Crippen LogP contribution is 2.18. The number of imidazole rings is 1. The van der Waals surface area contributed by atoms with Crippen molar-refractivity contribution < 1.29 is 0 Å². The molecule has 0 aliphatic rings. The van der Waals surface area contributed by atoms with Crippen molar-refractivity contribution in [2.75, 3.05) is 24.2 Å². The van der Waals surface area contributed by atoms with E-state index in [4.69, 9.17) is 5.73 Å². The van der Waals surface area contributed by atoms with Crippen LogP contribution in [0.25, 0.3) is 5.65 Å². The van der Waals surface area contributed by atoms with E-state index in [2.05, 4.69) is 21.8 Å². The van der Waals surface area contributed by atoms with E-state index in [1.54, 1.807) is 12.4 Å². The number of nitrogen functional groups attached to an aromatic ring is 1. The molecule has 0 aliphatic carbocycles. The zero-order valence-corrected chi connectivity index (χ0v) is 10.4. The van der Waals surface area contributed by atoms with E-state index in [1.807, 2.05) is 17.6 Å². The first-order valence-corrected chi connectivity index (χ1v) is 6.02. The molecule has 0 fully saturated rings. The van der Waals surface area contributed by atoms with Gasteiger partial charge in [0, 0.05) is 26.0 Å². The van der Waals surface area contributed by atoms with Crippen LogP contribution in [-0.2, 0) is 0 Å². The second kappa shape index (κ2) is 5.03. The van der Waals surface area contributed by atoms with Crippen LogP contribution in [0.3, 0.4) is 0 Å². The highest BCUT2D eigenvalue weighted by molar-refractivity contribution is 5.65. The standard InChI is InChI=1S/C12H19N5/c1-3-4-5-7-16(2)12-11-14-6-8-17(11)9-10(13)15-12/h6,8-9H,3-5,7,13H2,1-2H3. The summed E-state index contributed by atoms with van der Waals surface area (Å²) < 4.78 is 1.91. The number of fused-ring (bicyclic) bond motifs is 1. The molecule has 0 unspecified atom stereocenters. The van der Waals surface area contributed by atoms with Crippen molar-refractivity contribution in [3.05, 3.63) is 18.6 Å². The Morgan fingerprint density at radius 3 is 3.00 bits per heavy atom. The largest absolute Gasteiger partial charge is 0.382 e. The lowest BCUT2D eigenvalue weighted by molar-refractivity contribution is 0.701. The molecule has 5 nitrogen and oxygen atoms in total. The highest BCUT2D eigenvalue weighted by atomic mass is 15.2. The van der Waals surface area contributed by atoms with Crippen LogP contribution >= 0.6 is 0 Å². The van der Waals surface area contributed by atoms with Crippen LogP contribution in [-0.4, -0.2) is 28.0 Å². The molecule has 0 spiro atoms. The second-order valence-corrected chi connectivity index (χ2v) is 4.28. The molecule has 17 heavy (non-hydrogen) atoms. The molecule has 2 rings (SSSR count). The van der Waals surface area contributed by atoms with E-state index in [-0.39, 0.29) is 0 Å². The summed E-state index contributed by atoms with van der Waals surface area (Å²) in [5.41, 5.74) is 6.65. The number of anilines is 2. The van der Waals surface area contributed by atoms with Crippen LogP contribution in [0.2, 0.25) is 0 Å². The third-order valence-corrected chi connectivity index (χ3v) is 2.83. The number of rotatable bonds is 5. The maximum Gasteiger partial charge on any atom is 0.180 e. The molecule has 2 N–H and O–H groups in total. The molecule has 0 aromatic carbocycles. The van der Waals surface area contributed by atoms with E-state index in [0.717, 1.165) is 24.4 Å². The lowest BCUT2D eigenvalue weighted by Crippen LogP contribution is -2.21. The number of nitrogens with zero attached hydrogens (tertiary/aromatic N) is 4. The monoisotopic (exact) mass is 233 g/mol. The second-order valence-electron chi connectivity index (χ2n) is 4.28. The normalized spacial score (nSPS) is 10.9. The van der Waals surface area contributed by atoms with Crippen molar-refractivity contribution >= 4 is 17.3 Å². The van der Waals surface area contributed by atoms with E-state index >= 15 is 0 Å². The average molecular weight is 233 g/mol. The summed E-state index contributed by atoms with van der Waals surface area (Å²) in [4.78, 5) is 10.8. The fourth-order valence-corrected chi connectivity index (χ4v) is 1.90. The molecule has 0 aliphatic heterocycles. The van der Waals surface area contributed by atoms with Crippen LogP contribution in [0, 0.1) is 0 Å². The van der Waals surface area contributed by atoms with Crippen molar-refractivity contribution in [3.63, 3.8) is 0 Å². The summed E-state index contributed by atoms with van der Waals surface area (Å²) in [6.07, 6.45) is 9.05. The van der Waals surface area contributed by atoms with Crippen LogP contribution in [0.5, 0.6) is 0 Å². The lowest BCUT2D eigenvalue weighted by atomic mass is 10.2. The summed E-state index contributed by atoms with van der Waals surface area (Å²) in [5, 5.41) is 0. The van der Waals surface area contributed by atoms with Crippen molar-refractivity contribution in [3.8, 4) is 0 Å². The van der Waals surface area contributed by atoms with Gasteiger partial charge in [0.15, 0.2) is 11.5 Å². The Balaban J connectivity index is 2.24. The Hall–Kier alpha value is -1.78. The Kier molecular flexibility index (Phi) is 3.46. The van der Waals surface area contributed by atoms with Crippen molar-refractivity contribution in [1.82, 2.24) is 14.4 Å². The van der Waals surface area contributed by atoms with Gasteiger partial charge >= 0.3 is 0 Å². The molecule has 2 aromatic heterocycles. The Bertz CT molecular complexity index is 491. The molecule has 92 valence electrons. The maximum absolute atomic E-state index is 5.79. The minimum atomic E-state index is 0.521. The fraction of sp³-hybridized carbons (Fsp3) is 0.500. The van der Waals surface area contributed by atoms with Crippen LogP contribution in [0.15, 0.2) is 18.6 Å². The first-order chi connectivity index (χ1) is 8.22. The molecule has 0 atom stereocenters. The van der Waals surface area contributed by atoms with Crippen molar-refractivity contribution in [2.24, 2.45) is 0 Å². The molecule has 2 heterocycles. The average Bonchev–Trinajstić information content (AvgIpc) is 2.75. The molecule has 0 saturated heterocycles. The van der Waals surface area contributed by atoms with Gasteiger partial charge in [-0.3, -0.25) is 0 Å². The zero-order chi connectivity index (χ0) is 12.3. The zero-order valence-electron chi connectivity index (χ0n) is 10.4. The van der Waals surface area contributed by atoms with Gasteiger partial charge in [-0.2, -0.15) is 0 Å². The van der Waals surface area contributed by atoms with Gasteiger partial charge in [0.25, 0.3) is 0 Å². The summed E-state index contributed by atoms with van der Waals surface area (Å²) in [7, 11) is 2.03. The summed E-state index contributed by atoms with van der Waals surface area (Å²) >= 11 is 0. The van der Waals surface area contributed by atoms with Crippen LogP contribution in [0.4, 0.5) is 11.6 Å². The minimum absolute atomic E-state index is 0.521. The molecule has 0 radical (unpaired) electrons. The Labute approximate surface area is 101 Å². The molecule has 0 bridgehead atoms. The quantitative estimate of drug-likeness (QED) is 0.802. The predicted molar refractivity (Wildman–Crippen MR) is 70.2 cm³/mol. The number of nitrogens with two attached hydrogens (primary N) is 1. The highest BCUT2D eigenvalue weighted by Gasteiger charge is 2.10. The topological polar surface area (TPSA) is 59.5 Å². The maximum atomic E-state index is 5.79. The molecule has 0 amide bonds. The third kappa shape index (κ3) is 2.49. The van der Waals surface area contributed by atoms with Gasteiger partial charge in [-0.05, 0) is 6.42 Å². The number of aromatic nitrogens is 3. The van der Waals surface area contributed by atoms with E-state index < -0.39 is 0 Å². The smallest absolute Gasteiger partial charge is 0.180 e. The predicted octanol–water partition coefficient (Wildman–Crippen LogP) is 1.94. The first-order valence-electron chi connectivity index (χ1n) is 6.02. The minimum Gasteiger partial charge on any atom is -0.382 e. The van der Waals surface area contributed by atoms with Gasteiger partial charge in [0.1, 0.15) is 5.82 Å². The van der Waals surface area contributed by atoms with Gasteiger partial charge in [-0.15, -0.1) is 0 Å². The molecular weight excluding hydrogens is 214 g/mol. The van der Waals surface area contributed by atoms with E-state index in [9.17, 15) is 0 Å². The summed E-state index contributed by atoms with van der Waals surface area (Å²) in [6, 6.07) is 0. The molecular formula is C12H19N5. The molecule has 0 saturated carbocycles. The van der Waals surface area contributed by atoms with Gasteiger partial charge in [-0.25, -0.2) is 9.97 Å². The van der Waals surface area contributed by atoms with Gasteiger partial charge in [0.05, 0.1) is 6.20 Å². The van der Waals surface area contributed by atoms with Crippen LogP contribution < -0.4 is 10.6 Å². The van der Waals surface area contributed by atoms with E-state index in [1.165, 1.54) is 12.8 Å². The molecule has 5 heteroatoms. The van der Waals surface area contributed by atoms with Crippen molar-refractivity contribution in [2.45, 2.75) is 26.2 Å². The Morgan fingerprint density at radius 1 is 1.41 bits per heavy atom. The SMILES string of the molecule is CCCCCN(C)c1nc(N)cn2ccnc12. The fourth-order valence-electron chi connectivity index (χ4n) is 1.90. The number of hydrogen-bond acceptors (Lipinski definition) is 4. The van der Waals surface area contributed by atoms with Gasteiger partial charge in [-0.1, -0.05) is 19.8 Å². The molecule has 2 aromatic rings. The van der Waals surface area contributed by atoms with Gasteiger partial charge < -0.3 is 15.0 Å². The third-order valence-electron chi connectivity index (χ3n) is 2.83. The van der Waals surface area contributed by atoms with Gasteiger partial charge in [0.2, 0.25) is 0 Å². The number of unbranched alkanes of at least 4 members (excludes halogenated alkanes) is 2.